The minimum absolute atomic E-state index is 0.126. The van der Waals surface area contributed by atoms with E-state index < -0.39 is 5.97 Å². The van der Waals surface area contributed by atoms with Crippen molar-refractivity contribution in [3.05, 3.63) is 0 Å². The Hall–Kier alpha value is -0.570. The van der Waals surface area contributed by atoms with Crippen molar-refractivity contribution < 1.29 is 9.90 Å². The van der Waals surface area contributed by atoms with Crippen LogP contribution in [0.25, 0.3) is 0 Å². The zero-order valence-electron chi connectivity index (χ0n) is 12.5. The van der Waals surface area contributed by atoms with Gasteiger partial charge in [0.15, 0.2) is 0 Å². The molecule has 2 rings (SSSR count). The normalized spacial score (nSPS) is 37.2. The van der Waals surface area contributed by atoms with Gasteiger partial charge in [0.1, 0.15) is 0 Å². The van der Waals surface area contributed by atoms with E-state index in [4.69, 9.17) is 0 Å². The minimum atomic E-state index is -0.571. The molecule has 3 nitrogen and oxygen atoms in total. The molecule has 0 bridgehead atoms. The number of aliphatic carboxylic acids is 1. The van der Waals surface area contributed by atoms with Crippen LogP contribution in [-0.2, 0) is 4.79 Å². The molecule has 19 heavy (non-hydrogen) atoms. The van der Waals surface area contributed by atoms with Crippen molar-refractivity contribution in [2.45, 2.75) is 64.8 Å². The van der Waals surface area contributed by atoms with Gasteiger partial charge in [0.25, 0.3) is 0 Å². The molecule has 3 heteroatoms. The van der Waals surface area contributed by atoms with Gasteiger partial charge < -0.3 is 5.11 Å². The first-order valence-electron chi connectivity index (χ1n) is 8.12. The maximum Gasteiger partial charge on any atom is 0.308 e. The van der Waals surface area contributed by atoms with Crippen molar-refractivity contribution >= 4 is 5.97 Å². The largest absolute Gasteiger partial charge is 0.481 e. The Labute approximate surface area is 117 Å². The van der Waals surface area contributed by atoms with E-state index in [0.717, 1.165) is 44.2 Å². The summed E-state index contributed by atoms with van der Waals surface area (Å²) in [5.41, 5.74) is 0. The Balaban J connectivity index is 2.05. The van der Waals surface area contributed by atoms with E-state index in [1.807, 2.05) is 0 Å². The number of hydrogen-bond acceptors (Lipinski definition) is 2. The molecular weight excluding hydrogens is 238 g/mol. The smallest absolute Gasteiger partial charge is 0.308 e. The molecule has 0 amide bonds. The second-order valence-electron chi connectivity index (χ2n) is 6.51. The average Bonchev–Trinajstić information content (AvgIpc) is 2.46. The van der Waals surface area contributed by atoms with Gasteiger partial charge in [-0.05, 0) is 50.5 Å². The number of rotatable bonds is 4. The number of carboxylic acid groups (broad SMARTS) is 1. The summed E-state index contributed by atoms with van der Waals surface area (Å²) in [6.07, 6.45) is 8.10. The minimum Gasteiger partial charge on any atom is -0.481 e. The highest BCUT2D eigenvalue weighted by Gasteiger charge is 2.39. The van der Waals surface area contributed by atoms with Gasteiger partial charge >= 0.3 is 5.97 Å². The van der Waals surface area contributed by atoms with Crippen LogP contribution in [0.4, 0.5) is 0 Å². The van der Waals surface area contributed by atoms with Crippen LogP contribution in [0.1, 0.15) is 58.8 Å². The molecule has 1 heterocycles. The lowest BCUT2D eigenvalue weighted by molar-refractivity contribution is -0.146. The van der Waals surface area contributed by atoms with Crippen molar-refractivity contribution in [3.8, 4) is 0 Å². The lowest BCUT2D eigenvalue weighted by Crippen LogP contribution is -2.50. The van der Waals surface area contributed by atoms with Crippen molar-refractivity contribution in [2.75, 3.05) is 13.1 Å². The van der Waals surface area contributed by atoms with Crippen LogP contribution in [0.3, 0.4) is 0 Å². The molecule has 2 fully saturated rings. The summed E-state index contributed by atoms with van der Waals surface area (Å²) in [6.45, 7) is 6.75. The number of likely N-dealkylation sites (tertiary alicyclic amines) is 1. The van der Waals surface area contributed by atoms with Crippen LogP contribution < -0.4 is 0 Å². The topological polar surface area (TPSA) is 40.5 Å². The van der Waals surface area contributed by atoms with Crippen molar-refractivity contribution in [1.29, 1.82) is 0 Å². The molecule has 110 valence electrons. The zero-order valence-corrected chi connectivity index (χ0v) is 12.5. The van der Waals surface area contributed by atoms with Crippen molar-refractivity contribution in [3.63, 3.8) is 0 Å². The van der Waals surface area contributed by atoms with E-state index in [2.05, 4.69) is 18.7 Å². The molecule has 0 aromatic rings. The molecule has 2 aliphatic rings. The molecule has 0 spiro atoms. The quantitative estimate of drug-likeness (QED) is 0.849. The molecule has 0 aromatic carbocycles. The predicted octanol–water partition coefficient (Wildman–Crippen LogP) is 3.39. The van der Waals surface area contributed by atoms with Gasteiger partial charge in [0, 0.05) is 12.6 Å². The number of carboxylic acids is 1. The van der Waals surface area contributed by atoms with Crippen LogP contribution in [0, 0.1) is 17.8 Å². The molecule has 1 N–H and O–H groups in total. The van der Waals surface area contributed by atoms with Gasteiger partial charge in [0.05, 0.1) is 5.92 Å². The second kappa shape index (κ2) is 6.74. The van der Waals surface area contributed by atoms with E-state index in [1.165, 1.54) is 25.7 Å². The molecule has 1 aliphatic carbocycles. The lowest BCUT2D eigenvalue weighted by atomic mass is 9.75. The second-order valence-corrected chi connectivity index (χ2v) is 6.51. The molecule has 4 atom stereocenters. The van der Waals surface area contributed by atoms with Gasteiger partial charge in [0.2, 0.25) is 0 Å². The Morgan fingerprint density at radius 1 is 1.16 bits per heavy atom. The van der Waals surface area contributed by atoms with Crippen molar-refractivity contribution in [2.24, 2.45) is 17.8 Å². The Morgan fingerprint density at radius 2 is 1.89 bits per heavy atom. The maximum atomic E-state index is 11.5. The molecular formula is C16H29NO2. The summed E-state index contributed by atoms with van der Waals surface area (Å²) in [5.74, 6) is 0.824. The molecule has 1 saturated carbocycles. The summed E-state index contributed by atoms with van der Waals surface area (Å²) in [7, 11) is 0. The zero-order chi connectivity index (χ0) is 13.8. The third kappa shape index (κ3) is 3.50. The van der Waals surface area contributed by atoms with Gasteiger partial charge in [-0.15, -0.1) is 0 Å². The fourth-order valence-electron chi connectivity index (χ4n) is 4.03. The van der Waals surface area contributed by atoms with Gasteiger partial charge in [-0.1, -0.05) is 26.7 Å². The van der Waals surface area contributed by atoms with E-state index in [-0.39, 0.29) is 5.92 Å². The summed E-state index contributed by atoms with van der Waals surface area (Å²) >= 11 is 0. The van der Waals surface area contributed by atoms with Crippen molar-refractivity contribution in [1.82, 2.24) is 4.90 Å². The fourth-order valence-corrected chi connectivity index (χ4v) is 4.03. The lowest BCUT2D eigenvalue weighted by Gasteiger charge is -2.44. The van der Waals surface area contributed by atoms with Crippen LogP contribution in [0.5, 0.6) is 0 Å². The Morgan fingerprint density at radius 3 is 2.53 bits per heavy atom. The molecule has 1 saturated heterocycles. The highest BCUT2D eigenvalue weighted by molar-refractivity contribution is 5.71. The first-order chi connectivity index (χ1) is 9.15. The van der Waals surface area contributed by atoms with E-state index >= 15 is 0 Å². The average molecular weight is 267 g/mol. The Kier molecular flexibility index (Phi) is 5.26. The van der Waals surface area contributed by atoms with Gasteiger partial charge in [-0.2, -0.15) is 0 Å². The molecule has 4 unspecified atom stereocenters. The van der Waals surface area contributed by atoms with Crippen LogP contribution in [0.15, 0.2) is 0 Å². The summed E-state index contributed by atoms with van der Waals surface area (Å²) in [5, 5.41) is 9.49. The van der Waals surface area contributed by atoms with E-state index in [1.54, 1.807) is 0 Å². The van der Waals surface area contributed by atoms with Gasteiger partial charge in [-0.25, -0.2) is 0 Å². The highest BCUT2D eigenvalue weighted by atomic mass is 16.4. The molecule has 0 aromatic heterocycles. The van der Waals surface area contributed by atoms with Crippen LogP contribution in [0.2, 0.25) is 0 Å². The van der Waals surface area contributed by atoms with Gasteiger partial charge in [-0.3, -0.25) is 9.69 Å². The van der Waals surface area contributed by atoms with Crippen LogP contribution in [-0.4, -0.2) is 35.1 Å². The maximum absolute atomic E-state index is 11.5. The predicted molar refractivity (Wildman–Crippen MR) is 77.1 cm³/mol. The molecule has 0 radical (unpaired) electrons. The molecule has 1 aliphatic heterocycles. The standard InChI is InChI=1S/C16H29NO2/c1-3-12-7-8-14(16(18)19)15(10-12)17-9-5-6-13(4-2)11-17/h12-15H,3-11H2,1-2H3,(H,18,19). The van der Waals surface area contributed by atoms with Crippen LogP contribution >= 0.6 is 0 Å². The van der Waals surface area contributed by atoms with E-state index in [9.17, 15) is 9.90 Å². The van der Waals surface area contributed by atoms with E-state index in [0.29, 0.717) is 6.04 Å². The first kappa shape index (κ1) is 14.8. The number of carbonyl (C=O) groups is 1. The summed E-state index contributed by atoms with van der Waals surface area (Å²) in [6, 6.07) is 0.297. The summed E-state index contributed by atoms with van der Waals surface area (Å²) in [4.78, 5) is 14.0. The SMILES string of the molecule is CCC1CCC(C(=O)O)C(N2CCCC(CC)C2)C1. The first-order valence-corrected chi connectivity index (χ1v) is 8.12. The third-order valence-electron chi connectivity index (χ3n) is 5.42. The monoisotopic (exact) mass is 267 g/mol. The highest BCUT2D eigenvalue weighted by Crippen LogP contribution is 2.36. The Bertz CT molecular complexity index is 305. The third-order valence-corrected chi connectivity index (χ3v) is 5.42. The summed E-state index contributed by atoms with van der Waals surface area (Å²) < 4.78 is 0. The fraction of sp³-hybridized carbons (Fsp3) is 0.938. The number of nitrogens with zero attached hydrogens (tertiary/aromatic N) is 1. The number of hydrogen-bond donors (Lipinski definition) is 1. The number of piperidine rings is 1.